The van der Waals surface area contributed by atoms with Crippen LogP contribution >= 0.6 is 0 Å². The second-order valence-electron chi connectivity index (χ2n) is 9.44. The van der Waals surface area contributed by atoms with Crippen LogP contribution in [0.25, 0.3) is 22.4 Å². The molecule has 2 N–H and O–H groups in total. The van der Waals surface area contributed by atoms with E-state index in [-0.39, 0.29) is 11.6 Å². The van der Waals surface area contributed by atoms with E-state index in [0.717, 1.165) is 50.3 Å². The maximum absolute atomic E-state index is 13.3. The molecule has 0 atom stereocenters. The molecule has 9 nitrogen and oxygen atoms in total. The minimum atomic E-state index is -0.160. The monoisotopic (exact) mass is 465 g/mol. The summed E-state index contributed by atoms with van der Waals surface area (Å²) in [7, 11) is 2.02. The molecular weight excluding hydrogens is 430 g/mol. The van der Waals surface area contributed by atoms with Gasteiger partial charge in [-0.2, -0.15) is 10.1 Å². The van der Waals surface area contributed by atoms with E-state index in [2.05, 4.69) is 15.2 Å². The third kappa shape index (κ3) is 4.29. The average Bonchev–Trinajstić information content (AvgIpc) is 3.21. The lowest BCUT2D eigenvalue weighted by atomic mass is 9.95. The van der Waals surface area contributed by atoms with E-state index in [4.69, 9.17) is 19.8 Å². The maximum atomic E-state index is 13.3. The molecule has 1 aliphatic carbocycles. The zero-order chi connectivity index (χ0) is 23.7. The van der Waals surface area contributed by atoms with E-state index in [1.165, 1.54) is 19.3 Å². The molecule has 182 valence electrons. The third-order valence-corrected chi connectivity index (χ3v) is 7.25. The highest BCUT2D eigenvalue weighted by molar-refractivity contribution is 5.79. The number of fused-ring (bicyclic) bond motifs is 1. The summed E-state index contributed by atoms with van der Waals surface area (Å²) in [6, 6.07) is 4.79. The van der Waals surface area contributed by atoms with Crippen LogP contribution in [0.4, 0.5) is 5.82 Å². The van der Waals surface area contributed by atoms with Crippen LogP contribution in [0.15, 0.2) is 16.9 Å². The van der Waals surface area contributed by atoms with Crippen molar-refractivity contribution in [3.05, 3.63) is 28.2 Å². The van der Waals surface area contributed by atoms with Gasteiger partial charge in [-0.15, -0.1) is 0 Å². The van der Waals surface area contributed by atoms with Gasteiger partial charge in [-0.3, -0.25) is 9.48 Å². The number of aromatic amines is 1. The number of hydrogen-bond donors (Lipinski definition) is 2. The van der Waals surface area contributed by atoms with Crippen molar-refractivity contribution in [2.45, 2.75) is 70.9 Å². The maximum Gasteiger partial charge on any atom is 0.277 e. The molecule has 4 heterocycles. The van der Waals surface area contributed by atoms with Gasteiger partial charge in [0, 0.05) is 19.1 Å². The van der Waals surface area contributed by atoms with Gasteiger partial charge in [-0.05, 0) is 58.7 Å². The fraction of sp³-hybridized carbons (Fsp3) is 0.600. The second kappa shape index (κ2) is 9.74. The van der Waals surface area contributed by atoms with E-state index in [1.807, 2.05) is 37.7 Å². The topological polar surface area (TPSA) is 101 Å². The number of H-pyrrole nitrogens is 1. The first-order valence-electron chi connectivity index (χ1n) is 12.6. The molecule has 1 saturated carbocycles. The Kier molecular flexibility index (Phi) is 6.54. The van der Waals surface area contributed by atoms with Crippen molar-refractivity contribution in [3.8, 4) is 17.3 Å². The van der Waals surface area contributed by atoms with E-state index < -0.39 is 0 Å². The van der Waals surface area contributed by atoms with Gasteiger partial charge in [0.25, 0.3) is 5.56 Å². The van der Waals surface area contributed by atoms with Crippen LogP contribution in [-0.4, -0.2) is 57.5 Å². The van der Waals surface area contributed by atoms with Crippen molar-refractivity contribution >= 4 is 16.9 Å². The van der Waals surface area contributed by atoms with E-state index in [9.17, 15) is 4.79 Å². The molecule has 0 bridgehead atoms. The zero-order valence-corrected chi connectivity index (χ0v) is 20.4. The van der Waals surface area contributed by atoms with Crippen LogP contribution in [-0.2, 0) is 0 Å². The number of rotatable bonds is 6. The molecule has 5 rings (SSSR count). The summed E-state index contributed by atoms with van der Waals surface area (Å²) in [5.41, 5.74) is 2.54. The van der Waals surface area contributed by atoms with Crippen molar-refractivity contribution in [2.24, 2.45) is 0 Å². The van der Waals surface area contributed by atoms with Crippen LogP contribution in [0.2, 0.25) is 0 Å². The quantitative estimate of drug-likeness (QED) is 0.574. The number of anilines is 1. The van der Waals surface area contributed by atoms with Gasteiger partial charge >= 0.3 is 0 Å². The molecule has 0 spiro atoms. The molecule has 0 aromatic carbocycles. The Morgan fingerprint density at radius 1 is 1.12 bits per heavy atom. The summed E-state index contributed by atoms with van der Waals surface area (Å²) in [5, 5.41) is 8.10. The number of piperidine rings is 1. The van der Waals surface area contributed by atoms with E-state index in [1.54, 1.807) is 0 Å². The largest absolute Gasteiger partial charge is 0.477 e. The molecule has 3 aromatic heterocycles. The van der Waals surface area contributed by atoms with Gasteiger partial charge in [0.05, 0.1) is 23.9 Å². The Morgan fingerprint density at radius 3 is 2.59 bits per heavy atom. The van der Waals surface area contributed by atoms with Gasteiger partial charge in [0.1, 0.15) is 17.2 Å². The Labute approximate surface area is 199 Å². The number of aryl methyl sites for hydroxylation is 1. The summed E-state index contributed by atoms with van der Waals surface area (Å²) in [4.78, 5) is 28.2. The van der Waals surface area contributed by atoms with Crippen LogP contribution in [0.1, 0.15) is 63.6 Å². The molecule has 34 heavy (non-hydrogen) atoms. The molecule has 1 saturated heterocycles. The van der Waals surface area contributed by atoms with Crippen molar-refractivity contribution in [1.29, 1.82) is 0 Å². The van der Waals surface area contributed by atoms with Gasteiger partial charge in [-0.1, -0.05) is 19.3 Å². The van der Waals surface area contributed by atoms with Gasteiger partial charge < -0.3 is 19.9 Å². The molecule has 0 radical (unpaired) electrons. The molecule has 2 aliphatic rings. The normalized spacial score (nSPS) is 18.0. The molecule has 0 amide bonds. The molecule has 2 fully saturated rings. The van der Waals surface area contributed by atoms with Crippen LogP contribution in [0, 0.1) is 6.92 Å². The summed E-state index contributed by atoms with van der Waals surface area (Å²) < 4.78 is 7.83. The van der Waals surface area contributed by atoms with Crippen molar-refractivity contribution in [1.82, 2.24) is 30.0 Å². The fourth-order valence-corrected chi connectivity index (χ4v) is 5.34. The standard InChI is InChI=1S/C25H35N7O2/c1-4-34-25-19(10-11-20(27-25)31-14-12-17(26-3)13-15-31)23-28-21-16(2)30-32(22(21)24(33)29-23)18-8-6-5-7-9-18/h10-11,17-18,26H,4-9,12-15H2,1-3H3,(H,28,29,33). The van der Waals surface area contributed by atoms with Crippen molar-refractivity contribution < 1.29 is 4.74 Å². The van der Waals surface area contributed by atoms with E-state index in [0.29, 0.717) is 40.9 Å². The molecule has 3 aromatic rings. The number of nitrogens with one attached hydrogen (secondary N) is 2. The lowest BCUT2D eigenvalue weighted by molar-refractivity contribution is 0.328. The summed E-state index contributed by atoms with van der Waals surface area (Å²) >= 11 is 0. The predicted octanol–water partition coefficient (Wildman–Crippen LogP) is 3.58. The number of ether oxygens (including phenoxy) is 1. The summed E-state index contributed by atoms with van der Waals surface area (Å²) in [6.07, 6.45) is 7.89. The average molecular weight is 466 g/mol. The minimum Gasteiger partial charge on any atom is -0.477 e. The summed E-state index contributed by atoms with van der Waals surface area (Å²) in [6.45, 7) is 6.25. The SMILES string of the molecule is CCOc1nc(N2CCC(NC)CC2)ccc1-c1nc2c(C)nn(C3CCCCC3)c2c(=O)[nH]1. The number of aromatic nitrogens is 5. The lowest BCUT2D eigenvalue weighted by Gasteiger charge is -2.32. The Hall–Kier alpha value is -2.94. The summed E-state index contributed by atoms with van der Waals surface area (Å²) in [5.74, 6) is 1.86. The fourth-order valence-electron chi connectivity index (χ4n) is 5.34. The first kappa shape index (κ1) is 22.8. The minimum absolute atomic E-state index is 0.160. The Morgan fingerprint density at radius 2 is 1.88 bits per heavy atom. The highest BCUT2D eigenvalue weighted by Gasteiger charge is 2.24. The highest BCUT2D eigenvalue weighted by Crippen LogP contribution is 2.32. The second-order valence-corrected chi connectivity index (χ2v) is 9.44. The lowest BCUT2D eigenvalue weighted by Crippen LogP contribution is -2.41. The zero-order valence-electron chi connectivity index (χ0n) is 20.4. The first-order valence-corrected chi connectivity index (χ1v) is 12.6. The number of hydrogen-bond acceptors (Lipinski definition) is 7. The number of pyridine rings is 1. The van der Waals surface area contributed by atoms with E-state index >= 15 is 0 Å². The molecular formula is C25H35N7O2. The van der Waals surface area contributed by atoms with Crippen LogP contribution < -0.4 is 20.5 Å². The number of nitrogens with zero attached hydrogens (tertiary/aromatic N) is 5. The van der Waals surface area contributed by atoms with Gasteiger partial charge in [-0.25, -0.2) is 4.98 Å². The molecule has 1 aliphatic heterocycles. The van der Waals surface area contributed by atoms with Crippen LogP contribution in [0.5, 0.6) is 5.88 Å². The molecule has 0 unspecified atom stereocenters. The molecule has 9 heteroatoms. The smallest absolute Gasteiger partial charge is 0.277 e. The van der Waals surface area contributed by atoms with Crippen molar-refractivity contribution in [2.75, 3.05) is 31.6 Å². The van der Waals surface area contributed by atoms with Crippen molar-refractivity contribution in [3.63, 3.8) is 0 Å². The first-order chi connectivity index (χ1) is 16.6. The Bertz CT molecular complexity index is 1200. The Balaban J connectivity index is 1.51. The van der Waals surface area contributed by atoms with Gasteiger partial charge in [0.15, 0.2) is 5.52 Å². The van der Waals surface area contributed by atoms with Gasteiger partial charge in [0.2, 0.25) is 5.88 Å². The third-order valence-electron chi connectivity index (χ3n) is 7.25. The predicted molar refractivity (Wildman–Crippen MR) is 134 cm³/mol. The van der Waals surface area contributed by atoms with Crippen LogP contribution in [0.3, 0.4) is 0 Å². The highest BCUT2D eigenvalue weighted by atomic mass is 16.5.